The molecule has 3 rings (SSSR count). The van der Waals surface area contributed by atoms with Gasteiger partial charge in [0.1, 0.15) is 16.1 Å². The number of hydrogen-bond acceptors (Lipinski definition) is 4. The van der Waals surface area contributed by atoms with Crippen molar-refractivity contribution in [3.8, 4) is 0 Å². The molecule has 176 valence electrons. The van der Waals surface area contributed by atoms with Crippen LogP contribution in [0.4, 0.5) is 17.6 Å². The Labute approximate surface area is 197 Å². The average molecular weight is 500 g/mol. The summed E-state index contributed by atoms with van der Waals surface area (Å²) in [6, 6.07) is 10.4. The van der Waals surface area contributed by atoms with Crippen LogP contribution in [0, 0.1) is 5.82 Å². The molecule has 0 aliphatic rings. The molecule has 10 heteroatoms. The molecule has 4 nitrogen and oxygen atoms in total. The number of nitrogens with zero attached hydrogens (tertiary/aromatic N) is 2. The summed E-state index contributed by atoms with van der Waals surface area (Å²) < 4.78 is 70.7. The third-order valence-electron chi connectivity index (χ3n) is 4.88. The first kappa shape index (κ1) is 25.4. The number of halogens is 5. The monoisotopic (exact) mass is 499 g/mol. The molecule has 0 fully saturated rings. The van der Waals surface area contributed by atoms with Gasteiger partial charge < -0.3 is 4.55 Å². The van der Waals surface area contributed by atoms with Gasteiger partial charge in [-0.05, 0) is 68.8 Å². The molecule has 0 amide bonds. The Balaban J connectivity index is 2.33. The molecule has 0 saturated heterocycles. The standard InChI is InChI=1S/C23H22ClF4N3OS/c1-21(2,3)33(32)31-22(13-19-6-4-5-9-29-19,20-8-7-17(24)14-30-20)15-10-16(23(26,27)28)12-18(25)11-15/h4-12,14,31H,13H2,1-3H3. The molecule has 2 unspecified atom stereocenters. The van der Waals surface area contributed by atoms with Crippen LogP contribution in [0.2, 0.25) is 5.02 Å². The highest BCUT2D eigenvalue weighted by Gasteiger charge is 2.45. The molecule has 2 aromatic heterocycles. The van der Waals surface area contributed by atoms with Crippen molar-refractivity contribution < 1.29 is 22.1 Å². The van der Waals surface area contributed by atoms with Gasteiger partial charge >= 0.3 is 6.18 Å². The van der Waals surface area contributed by atoms with Gasteiger partial charge in [-0.3, -0.25) is 9.97 Å². The van der Waals surface area contributed by atoms with Crippen LogP contribution in [-0.2, 0) is 29.5 Å². The van der Waals surface area contributed by atoms with E-state index in [2.05, 4.69) is 14.7 Å². The van der Waals surface area contributed by atoms with E-state index >= 15 is 0 Å². The summed E-state index contributed by atoms with van der Waals surface area (Å²) in [5, 5.41) is 0.303. The van der Waals surface area contributed by atoms with E-state index in [1.54, 1.807) is 39.0 Å². The maximum Gasteiger partial charge on any atom is 0.416 e. The van der Waals surface area contributed by atoms with Gasteiger partial charge in [0.2, 0.25) is 0 Å². The first-order valence-corrected chi connectivity index (χ1v) is 11.4. The number of aromatic nitrogens is 2. The summed E-state index contributed by atoms with van der Waals surface area (Å²) >= 11 is 4.22. The second kappa shape index (κ2) is 9.58. The topological polar surface area (TPSA) is 60.9 Å². The van der Waals surface area contributed by atoms with Crippen LogP contribution in [0.1, 0.15) is 43.3 Å². The van der Waals surface area contributed by atoms with E-state index in [4.69, 9.17) is 11.6 Å². The van der Waals surface area contributed by atoms with Crippen LogP contribution < -0.4 is 4.72 Å². The fourth-order valence-electron chi connectivity index (χ4n) is 3.20. The van der Waals surface area contributed by atoms with Crippen LogP contribution in [0.15, 0.2) is 60.9 Å². The number of rotatable bonds is 6. The van der Waals surface area contributed by atoms with Gasteiger partial charge in [-0.25, -0.2) is 4.39 Å². The first-order valence-electron chi connectivity index (χ1n) is 9.91. The van der Waals surface area contributed by atoms with Gasteiger partial charge in [-0.2, -0.15) is 13.2 Å². The first-order chi connectivity index (χ1) is 15.3. The molecule has 0 radical (unpaired) electrons. The average Bonchev–Trinajstić information content (AvgIpc) is 2.72. The smallest absolute Gasteiger partial charge is 0.416 e. The Morgan fingerprint density at radius 3 is 2.24 bits per heavy atom. The minimum absolute atomic E-state index is 0.0506. The van der Waals surface area contributed by atoms with E-state index in [0.717, 1.165) is 12.1 Å². The van der Waals surface area contributed by atoms with E-state index < -0.39 is 39.2 Å². The molecule has 0 aliphatic heterocycles. The highest BCUT2D eigenvalue weighted by molar-refractivity contribution is 7.90. The third-order valence-corrected chi connectivity index (χ3v) is 6.75. The minimum Gasteiger partial charge on any atom is -0.598 e. The van der Waals surface area contributed by atoms with Crippen molar-refractivity contribution in [1.29, 1.82) is 0 Å². The summed E-state index contributed by atoms with van der Waals surface area (Å²) in [5.74, 6) is -1.08. The highest BCUT2D eigenvalue weighted by atomic mass is 35.5. The van der Waals surface area contributed by atoms with Crippen molar-refractivity contribution in [1.82, 2.24) is 14.7 Å². The molecular formula is C23H22ClF4N3OS. The zero-order chi connectivity index (χ0) is 24.4. The molecule has 0 aliphatic carbocycles. The van der Waals surface area contributed by atoms with E-state index in [1.807, 2.05) is 0 Å². The van der Waals surface area contributed by atoms with Gasteiger partial charge in [0.15, 0.2) is 0 Å². The van der Waals surface area contributed by atoms with Crippen molar-refractivity contribution in [2.45, 2.75) is 43.7 Å². The summed E-state index contributed by atoms with van der Waals surface area (Å²) in [5.41, 5.74) is -2.17. The Morgan fingerprint density at radius 1 is 1.00 bits per heavy atom. The lowest BCUT2D eigenvalue weighted by atomic mass is 9.82. The lowest BCUT2D eigenvalue weighted by Crippen LogP contribution is -2.54. The molecule has 0 saturated carbocycles. The van der Waals surface area contributed by atoms with Gasteiger partial charge in [-0.15, -0.1) is 4.72 Å². The van der Waals surface area contributed by atoms with E-state index in [1.165, 1.54) is 24.5 Å². The summed E-state index contributed by atoms with van der Waals surface area (Å²) in [7, 11) is 0. The molecule has 2 atom stereocenters. The normalized spacial score (nSPS) is 15.2. The number of pyridine rings is 2. The van der Waals surface area contributed by atoms with Gasteiger partial charge in [-0.1, -0.05) is 17.7 Å². The molecule has 33 heavy (non-hydrogen) atoms. The molecule has 1 N–H and O–H groups in total. The zero-order valence-electron chi connectivity index (χ0n) is 18.1. The molecular weight excluding hydrogens is 478 g/mol. The van der Waals surface area contributed by atoms with Crippen molar-refractivity contribution in [3.05, 3.63) is 94.3 Å². The maximum absolute atomic E-state index is 14.5. The summed E-state index contributed by atoms with van der Waals surface area (Å²) in [6.07, 6.45) is -1.98. The third kappa shape index (κ3) is 6.03. The van der Waals surface area contributed by atoms with Gasteiger partial charge in [0.05, 0.1) is 16.3 Å². The fourth-order valence-corrected chi connectivity index (χ4v) is 4.23. The molecule has 3 aromatic rings. The second-order valence-corrected chi connectivity index (χ2v) is 10.9. The lowest BCUT2D eigenvalue weighted by molar-refractivity contribution is -0.137. The number of hydrogen-bond donors (Lipinski definition) is 1. The summed E-state index contributed by atoms with van der Waals surface area (Å²) in [4.78, 5) is 8.61. The summed E-state index contributed by atoms with van der Waals surface area (Å²) in [6.45, 7) is 5.14. The van der Waals surface area contributed by atoms with Gasteiger partial charge in [0.25, 0.3) is 0 Å². The van der Waals surface area contributed by atoms with Crippen LogP contribution in [-0.4, -0.2) is 19.3 Å². The Bertz CT molecular complexity index is 1090. The van der Waals surface area contributed by atoms with Crippen LogP contribution in [0.25, 0.3) is 0 Å². The number of alkyl halides is 3. The molecule has 0 spiro atoms. The van der Waals surface area contributed by atoms with Crippen LogP contribution in [0.3, 0.4) is 0 Å². The van der Waals surface area contributed by atoms with E-state index in [0.29, 0.717) is 16.8 Å². The number of benzene rings is 1. The Kier molecular flexibility index (Phi) is 7.38. The fraction of sp³-hybridized carbons (Fsp3) is 0.304. The predicted molar refractivity (Wildman–Crippen MR) is 120 cm³/mol. The molecule has 0 bridgehead atoms. The molecule has 2 heterocycles. The minimum atomic E-state index is -4.79. The van der Waals surface area contributed by atoms with Gasteiger partial charge in [0, 0.05) is 35.9 Å². The SMILES string of the molecule is CC(C)(C)[S+]([O-])NC(Cc1ccccn1)(c1cc(F)cc(C(F)(F)F)c1)c1ccc(Cl)cn1. The van der Waals surface area contributed by atoms with Crippen LogP contribution >= 0.6 is 11.6 Å². The van der Waals surface area contributed by atoms with E-state index in [9.17, 15) is 22.1 Å². The van der Waals surface area contributed by atoms with Crippen molar-refractivity contribution >= 4 is 23.0 Å². The number of nitrogens with one attached hydrogen (secondary N) is 1. The Morgan fingerprint density at radius 2 is 1.70 bits per heavy atom. The lowest BCUT2D eigenvalue weighted by Gasteiger charge is -2.37. The largest absolute Gasteiger partial charge is 0.598 e. The van der Waals surface area contributed by atoms with Crippen LogP contribution in [0.5, 0.6) is 0 Å². The van der Waals surface area contributed by atoms with E-state index in [-0.39, 0.29) is 17.7 Å². The Hall–Kier alpha value is -2.20. The maximum atomic E-state index is 14.5. The van der Waals surface area contributed by atoms with Crippen molar-refractivity contribution in [3.63, 3.8) is 0 Å². The predicted octanol–water partition coefficient (Wildman–Crippen LogP) is 5.83. The van der Waals surface area contributed by atoms with Crippen molar-refractivity contribution in [2.75, 3.05) is 0 Å². The van der Waals surface area contributed by atoms with Crippen molar-refractivity contribution in [2.24, 2.45) is 0 Å². The highest BCUT2D eigenvalue weighted by Crippen LogP contribution is 2.39. The zero-order valence-corrected chi connectivity index (χ0v) is 19.7. The quantitative estimate of drug-likeness (QED) is 0.342. The second-order valence-electron chi connectivity index (χ2n) is 8.47. The molecule has 1 aromatic carbocycles.